The molecule has 0 saturated carbocycles. The summed E-state index contributed by atoms with van der Waals surface area (Å²) in [5.74, 6) is -1.79. The highest BCUT2D eigenvalue weighted by Gasteiger charge is 2.72. The summed E-state index contributed by atoms with van der Waals surface area (Å²) in [6.45, 7) is 7.80. The van der Waals surface area contributed by atoms with Crippen molar-refractivity contribution < 1.29 is 28.4 Å². The van der Waals surface area contributed by atoms with Crippen LogP contribution in [0.5, 0.6) is 0 Å². The lowest BCUT2D eigenvalue weighted by molar-refractivity contribution is -0.142. The van der Waals surface area contributed by atoms with E-state index in [0.717, 1.165) is 0 Å². The van der Waals surface area contributed by atoms with Gasteiger partial charge in [-0.1, -0.05) is 17.3 Å². The van der Waals surface area contributed by atoms with Gasteiger partial charge in [0.1, 0.15) is 17.4 Å². The Morgan fingerprint density at radius 3 is 2.68 bits per heavy atom. The molecule has 1 aromatic rings. The number of nitrogens with zero attached hydrogens (tertiary/aromatic N) is 2. The zero-order valence-corrected chi connectivity index (χ0v) is 18.3. The van der Waals surface area contributed by atoms with E-state index in [9.17, 15) is 14.4 Å². The van der Waals surface area contributed by atoms with Gasteiger partial charge in [-0.2, -0.15) is 0 Å². The first-order valence-corrected chi connectivity index (χ1v) is 10.3. The highest BCUT2D eigenvalue weighted by Crippen LogP contribution is 2.55. The minimum atomic E-state index is -1.20. The maximum atomic E-state index is 13.5. The number of aryl methyl sites for hydroxylation is 1. The molecular formula is C21H28N4O6. The molecule has 3 aliphatic rings. The van der Waals surface area contributed by atoms with E-state index in [1.807, 2.05) is 20.8 Å². The minimum Gasteiger partial charge on any atom is -0.383 e. The quantitative estimate of drug-likeness (QED) is 0.632. The summed E-state index contributed by atoms with van der Waals surface area (Å²) in [5, 5.41) is 9.45. The second-order valence-electron chi connectivity index (χ2n) is 9.28. The summed E-state index contributed by atoms with van der Waals surface area (Å²) in [4.78, 5) is 41.4. The maximum Gasteiger partial charge on any atom is 0.246 e. The Balaban J connectivity index is 1.66. The first kappa shape index (κ1) is 21.5. The van der Waals surface area contributed by atoms with Crippen LogP contribution in [0.3, 0.4) is 0 Å². The van der Waals surface area contributed by atoms with Crippen molar-refractivity contribution in [3.63, 3.8) is 0 Å². The summed E-state index contributed by atoms with van der Waals surface area (Å²) < 4.78 is 16.4. The van der Waals surface area contributed by atoms with Crippen LogP contribution in [0.25, 0.3) is 0 Å². The van der Waals surface area contributed by atoms with E-state index in [1.54, 1.807) is 25.1 Å². The summed E-state index contributed by atoms with van der Waals surface area (Å²) >= 11 is 0. The Morgan fingerprint density at radius 2 is 2.06 bits per heavy atom. The Labute approximate surface area is 180 Å². The molecule has 4 heterocycles. The van der Waals surface area contributed by atoms with Crippen LogP contribution in [-0.2, 0) is 23.9 Å². The molecule has 3 amide bonds. The van der Waals surface area contributed by atoms with Crippen LogP contribution >= 0.6 is 0 Å². The number of nitrogens with one attached hydrogen (secondary N) is 2. The van der Waals surface area contributed by atoms with Crippen molar-refractivity contribution in [1.82, 2.24) is 15.4 Å². The molecule has 3 aliphatic heterocycles. The topological polar surface area (TPSA) is 123 Å². The first-order valence-electron chi connectivity index (χ1n) is 10.3. The predicted octanol–water partition coefficient (Wildman–Crippen LogP) is 0.633. The molecule has 2 saturated heterocycles. The van der Waals surface area contributed by atoms with E-state index in [4.69, 9.17) is 14.0 Å². The molecule has 0 unspecified atom stereocenters. The van der Waals surface area contributed by atoms with Gasteiger partial charge in [-0.25, -0.2) is 0 Å². The lowest BCUT2D eigenvalue weighted by atomic mass is 9.74. The van der Waals surface area contributed by atoms with Gasteiger partial charge in [0.2, 0.25) is 17.7 Å². The van der Waals surface area contributed by atoms with Gasteiger partial charge in [0.25, 0.3) is 0 Å². The second-order valence-corrected chi connectivity index (χ2v) is 9.28. The summed E-state index contributed by atoms with van der Waals surface area (Å²) in [5.41, 5.74) is -1.70. The van der Waals surface area contributed by atoms with Crippen molar-refractivity contribution in [2.24, 2.45) is 11.8 Å². The van der Waals surface area contributed by atoms with Crippen LogP contribution in [0.4, 0.5) is 5.82 Å². The molecular weight excluding hydrogens is 404 g/mol. The highest BCUT2D eigenvalue weighted by molar-refractivity contribution is 6.02. The molecule has 10 nitrogen and oxygen atoms in total. The van der Waals surface area contributed by atoms with E-state index in [0.29, 0.717) is 5.76 Å². The average Bonchev–Trinajstić information content (AvgIpc) is 3.39. The van der Waals surface area contributed by atoms with Crippen LogP contribution in [0, 0.1) is 18.8 Å². The number of anilines is 1. The van der Waals surface area contributed by atoms with Gasteiger partial charge in [-0.15, -0.1) is 0 Å². The van der Waals surface area contributed by atoms with E-state index < -0.39 is 41.0 Å². The molecule has 5 atom stereocenters. The van der Waals surface area contributed by atoms with Crippen molar-refractivity contribution in [3.8, 4) is 0 Å². The average molecular weight is 432 g/mol. The third kappa shape index (κ3) is 3.53. The number of rotatable bonds is 6. The summed E-state index contributed by atoms with van der Waals surface area (Å²) in [7, 11) is 1.53. The molecule has 10 heteroatoms. The monoisotopic (exact) mass is 432 g/mol. The van der Waals surface area contributed by atoms with Crippen molar-refractivity contribution in [3.05, 3.63) is 24.0 Å². The van der Waals surface area contributed by atoms with Crippen molar-refractivity contribution in [1.29, 1.82) is 0 Å². The van der Waals surface area contributed by atoms with Gasteiger partial charge in [-0.3, -0.25) is 14.4 Å². The van der Waals surface area contributed by atoms with E-state index >= 15 is 0 Å². The molecule has 0 radical (unpaired) electrons. The molecule has 4 rings (SSSR count). The van der Waals surface area contributed by atoms with Crippen LogP contribution in [-0.4, -0.2) is 71.3 Å². The van der Waals surface area contributed by atoms with Gasteiger partial charge in [0.05, 0.1) is 24.5 Å². The van der Waals surface area contributed by atoms with Crippen LogP contribution in [0.2, 0.25) is 0 Å². The van der Waals surface area contributed by atoms with Gasteiger partial charge in [0.15, 0.2) is 5.82 Å². The number of methoxy groups -OCH3 is 1. The van der Waals surface area contributed by atoms with Gasteiger partial charge in [-0.05, 0) is 27.7 Å². The van der Waals surface area contributed by atoms with Crippen molar-refractivity contribution >= 4 is 23.5 Å². The summed E-state index contributed by atoms with van der Waals surface area (Å²) in [6, 6.07) is 0.700. The van der Waals surface area contributed by atoms with Gasteiger partial charge in [0, 0.05) is 25.3 Å². The van der Waals surface area contributed by atoms with E-state index in [1.165, 1.54) is 12.0 Å². The van der Waals surface area contributed by atoms with E-state index in [2.05, 4.69) is 15.8 Å². The number of likely N-dealkylation sites (tertiary alicyclic amines) is 1. The molecule has 1 spiro atoms. The zero-order valence-electron chi connectivity index (χ0n) is 18.3. The van der Waals surface area contributed by atoms with Crippen molar-refractivity contribution in [2.75, 3.05) is 25.6 Å². The highest BCUT2D eigenvalue weighted by atomic mass is 16.5. The predicted molar refractivity (Wildman–Crippen MR) is 109 cm³/mol. The number of aromatic nitrogens is 1. The van der Waals surface area contributed by atoms with E-state index in [-0.39, 0.29) is 30.8 Å². The smallest absolute Gasteiger partial charge is 0.246 e. The second kappa shape index (κ2) is 7.45. The number of hydrogen-bond donors (Lipinski definition) is 2. The van der Waals surface area contributed by atoms with Crippen LogP contribution < -0.4 is 10.6 Å². The molecule has 31 heavy (non-hydrogen) atoms. The third-order valence-corrected chi connectivity index (χ3v) is 5.84. The number of fused-ring (bicyclic) bond motifs is 1. The number of carbonyl (C=O) groups is 3. The first-order chi connectivity index (χ1) is 14.6. The van der Waals surface area contributed by atoms with Crippen LogP contribution in [0.15, 0.2) is 22.7 Å². The number of carbonyl (C=O) groups excluding carboxylic acids is 3. The lowest BCUT2D eigenvalue weighted by Crippen LogP contribution is -2.58. The molecule has 0 aliphatic carbocycles. The van der Waals surface area contributed by atoms with Crippen LogP contribution in [0.1, 0.15) is 26.5 Å². The fourth-order valence-corrected chi connectivity index (χ4v) is 4.77. The molecule has 2 N–H and O–H groups in total. The standard InChI is InChI=1S/C21H28N4O6/c1-11-10-13(24-31-11)22-17(26)14-12-6-7-21(30-12)15(14)19(28)25(8-9-29-5)16(21)18(27)23-20(2,3)4/h6-7,10,12,14-16H,8-9H2,1-5H3,(H,23,27)(H,22,24,26)/t12-,14+,15-,16+,21-/m0/s1. The molecule has 2 fully saturated rings. The minimum absolute atomic E-state index is 0.217. The number of ether oxygens (including phenoxy) is 2. The Hall–Kier alpha value is -2.72. The normalized spacial score (nSPS) is 31.3. The fraction of sp³-hybridized carbons (Fsp3) is 0.619. The number of amides is 3. The molecule has 0 aromatic carbocycles. The maximum absolute atomic E-state index is 13.5. The fourth-order valence-electron chi connectivity index (χ4n) is 4.77. The Kier molecular flexibility index (Phi) is 5.17. The van der Waals surface area contributed by atoms with Gasteiger partial charge >= 0.3 is 0 Å². The zero-order chi connectivity index (χ0) is 22.6. The number of hydrogen-bond acceptors (Lipinski definition) is 7. The molecule has 1 aromatic heterocycles. The lowest BCUT2D eigenvalue weighted by Gasteiger charge is -2.34. The Morgan fingerprint density at radius 1 is 1.32 bits per heavy atom. The largest absolute Gasteiger partial charge is 0.383 e. The third-order valence-electron chi connectivity index (χ3n) is 5.84. The molecule has 2 bridgehead atoms. The SMILES string of the molecule is COCCN1C(=O)[C@@H]2[C@H](C(=O)Nc3cc(C)on3)[C@@H]3C=C[C@@]2(O3)[C@H]1C(=O)NC(C)(C)C. The van der Waals surface area contributed by atoms with Gasteiger partial charge < -0.3 is 29.5 Å². The summed E-state index contributed by atoms with van der Waals surface area (Å²) in [6.07, 6.45) is 2.93. The Bertz CT molecular complexity index is 935. The van der Waals surface area contributed by atoms with Crippen molar-refractivity contribution in [2.45, 2.75) is 51.0 Å². The molecule has 168 valence electrons.